The zero-order valence-corrected chi connectivity index (χ0v) is 19.0. The Morgan fingerprint density at radius 2 is 1.50 bits per heavy atom. The number of allylic oxidation sites excluding steroid dienone is 2. The van der Waals surface area contributed by atoms with Gasteiger partial charge in [0.1, 0.15) is 17.3 Å². The van der Waals surface area contributed by atoms with Crippen LogP contribution < -0.4 is 9.64 Å². The average Bonchev–Trinajstić information content (AvgIpc) is 3.03. The molecule has 36 heavy (non-hydrogen) atoms. The number of methoxy groups -OCH3 is 2. The highest BCUT2D eigenvalue weighted by Gasteiger charge is 2.34. The highest BCUT2D eigenvalue weighted by atomic mass is 35.5. The number of hydrogen-bond donors (Lipinski definition) is 0. The Kier molecular flexibility index (Phi) is 7.68. The Morgan fingerprint density at radius 3 is 2.06 bits per heavy atom. The van der Waals surface area contributed by atoms with Gasteiger partial charge in [0.2, 0.25) is 0 Å². The number of esters is 2. The maximum absolute atomic E-state index is 15.0. The molecular formula is C23H14ClF6NO5. The summed E-state index contributed by atoms with van der Waals surface area (Å²) in [6.45, 7) is 0. The number of carbonyl (C=O) groups is 2. The number of benzene rings is 2. The molecule has 1 aliphatic heterocycles. The maximum Gasteiger partial charge on any atom is 0.416 e. The van der Waals surface area contributed by atoms with Gasteiger partial charge >= 0.3 is 18.1 Å². The van der Waals surface area contributed by atoms with Gasteiger partial charge in [0.25, 0.3) is 0 Å². The first-order valence-corrected chi connectivity index (χ1v) is 10.0. The summed E-state index contributed by atoms with van der Waals surface area (Å²) in [7, 11) is 2.05. The molecule has 6 nitrogen and oxygen atoms in total. The Morgan fingerprint density at radius 1 is 0.889 bits per heavy atom. The van der Waals surface area contributed by atoms with Crippen LogP contribution in [0.3, 0.4) is 0 Å². The molecule has 0 saturated carbocycles. The van der Waals surface area contributed by atoms with E-state index in [1.165, 1.54) is 18.2 Å². The van der Waals surface area contributed by atoms with Crippen molar-refractivity contribution in [3.05, 3.63) is 88.0 Å². The van der Waals surface area contributed by atoms with Crippen LogP contribution in [0.25, 0.3) is 0 Å². The molecule has 0 aliphatic carbocycles. The summed E-state index contributed by atoms with van der Waals surface area (Å²) in [6, 6.07) is 1.52. The fourth-order valence-corrected chi connectivity index (χ4v) is 3.25. The zero-order valence-electron chi connectivity index (χ0n) is 18.3. The molecule has 0 fully saturated rings. The fraction of sp³-hybridized carbons (Fsp3) is 0.130. The summed E-state index contributed by atoms with van der Waals surface area (Å²) in [5.41, 5.74) is -2.91. The summed E-state index contributed by atoms with van der Waals surface area (Å²) in [4.78, 5) is 25.6. The van der Waals surface area contributed by atoms with Crippen LogP contribution in [0.15, 0.2) is 60.0 Å². The van der Waals surface area contributed by atoms with Gasteiger partial charge in [-0.25, -0.2) is 22.8 Å². The lowest BCUT2D eigenvalue weighted by Gasteiger charge is -2.24. The predicted molar refractivity (Wildman–Crippen MR) is 115 cm³/mol. The molecule has 13 heteroatoms. The van der Waals surface area contributed by atoms with Gasteiger partial charge in [-0.2, -0.15) is 13.2 Å². The van der Waals surface area contributed by atoms with Gasteiger partial charge in [0, 0.05) is 12.3 Å². The molecule has 2 aromatic rings. The van der Waals surface area contributed by atoms with E-state index in [2.05, 4.69) is 4.74 Å². The van der Waals surface area contributed by atoms with Crippen LogP contribution in [-0.2, 0) is 25.2 Å². The monoisotopic (exact) mass is 533 g/mol. The van der Waals surface area contributed by atoms with Crippen LogP contribution in [-0.4, -0.2) is 26.2 Å². The number of rotatable bonds is 5. The Hall–Kier alpha value is -3.93. The van der Waals surface area contributed by atoms with Crippen molar-refractivity contribution in [3.8, 4) is 11.5 Å². The molecule has 1 aliphatic rings. The van der Waals surface area contributed by atoms with E-state index >= 15 is 0 Å². The highest BCUT2D eigenvalue weighted by Crippen LogP contribution is 2.40. The van der Waals surface area contributed by atoms with Gasteiger partial charge in [-0.1, -0.05) is 17.7 Å². The lowest BCUT2D eigenvalue weighted by molar-refractivity contribution is -0.139. The first-order chi connectivity index (χ1) is 16.9. The number of carbonyl (C=O) groups excluding carboxylic acids is 2. The van der Waals surface area contributed by atoms with Gasteiger partial charge in [0.05, 0.1) is 36.1 Å². The molecule has 0 aromatic heterocycles. The first-order valence-electron chi connectivity index (χ1n) is 9.67. The molecule has 3 rings (SSSR count). The van der Waals surface area contributed by atoms with Crippen LogP contribution in [0.4, 0.5) is 32.0 Å². The summed E-state index contributed by atoms with van der Waals surface area (Å²) in [5, 5.41) is -0.510. The highest BCUT2D eigenvalue weighted by molar-refractivity contribution is 6.32. The molecule has 1 heterocycles. The van der Waals surface area contributed by atoms with Crippen molar-refractivity contribution in [2.75, 3.05) is 19.1 Å². The second kappa shape index (κ2) is 10.4. The number of ether oxygens (including phenoxy) is 3. The molecule has 0 spiro atoms. The van der Waals surface area contributed by atoms with Crippen molar-refractivity contribution in [1.29, 1.82) is 0 Å². The van der Waals surface area contributed by atoms with Gasteiger partial charge < -0.3 is 19.1 Å². The second-order valence-electron chi connectivity index (χ2n) is 6.92. The van der Waals surface area contributed by atoms with Crippen LogP contribution in [0.1, 0.15) is 5.56 Å². The van der Waals surface area contributed by atoms with E-state index in [0.717, 1.165) is 31.4 Å². The Bertz CT molecular complexity index is 1300. The minimum absolute atomic E-state index is 0.0146. The molecular weight excluding hydrogens is 520 g/mol. The van der Waals surface area contributed by atoms with Crippen molar-refractivity contribution >= 4 is 29.2 Å². The van der Waals surface area contributed by atoms with E-state index in [9.17, 15) is 35.9 Å². The molecule has 2 aromatic carbocycles. The van der Waals surface area contributed by atoms with Crippen molar-refractivity contribution in [2.45, 2.75) is 6.18 Å². The van der Waals surface area contributed by atoms with Gasteiger partial charge in [0.15, 0.2) is 17.4 Å². The molecule has 0 unspecified atom stereocenters. The van der Waals surface area contributed by atoms with E-state index in [4.69, 9.17) is 21.1 Å². The zero-order chi connectivity index (χ0) is 26.8. The predicted octanol–water partition coefficient (Wildman–Crippen LogP) is 6.06. The average molecular weight is 534 g/mol. The van der Waals surface area contributed by atoms with Crippen molar-refractivity contribution in [3.63, 3.8) is 0 Å². The summed E-state index contributed by atoms with van der Waals surface area (Å²) >= 11 is 5.94. The van der Waals surface area contributed by atoms with E-state index in [0.29, 0.717) is 6.07 Å². The normalized spacial score (nSPS) is 13.5. The molecule has 0 radical (unpaired) electrons. The summed E-state index contributed by atoms with van der Waals surface area (Å²) in [5.74, 6) is -8.35. The van der Waals surface area contributed by atoms with E-state index in [1.54, 1.807) is 0 Å². The smallest absolute Gasteiger partial charge is 0.416 e. The third-order valence-corrected chi connectivity index (χ3v) is 4.98. The molecule has 0 atom stereocenters. The molecule has 0 amide bonds. The van der Waals surface area contributed by atoms with Crippen LogP contribution in [0.5, 0.6) is 11.5 Å². The van der Waals surface area contributed by atoms with Gasteiger partial charge in [-0.15, -0.1) is 0 Å². The second-order valence-corrected chi connectivity index (χ2v) is 7.33. The lowest BCUT2D eigenvalue weighted by Crippen LogP contribution is -2.27. The SMILES string of the molecule is COC(=O)C1=C(C(=O)OC)N(c2cc(Oc3c(F)cc(C(F)(F)F)cc3F)c(Cl)cc2F)C=CC=C1. The van der Waals surface area contributed by atoms with E-state index < -0.39 is 69.0 Å². The third kappa shape index (κ3) is 5.33. The minimum atomic E-state index is -5.03. The Balaban J connectivity index is 2.15. The van der Waals surface area contributed by atoms with E-state index in [1.807, 2.05) is 0 Å². The first kappa shape index (κ1) is 26.7. The van der Waals surface area contributed by atoms with Gasteiger partial charge in [-0.05, 0) is 30.4 Å². The maximum atomic E-state index is 15.0. The number of nitrogens with zero attached hydrogens (tertiary/aromatic N) is 1. The van der Waals surface area contributed by atoms with Crippen LogP contribution >= 0.6 is 11.6 Å². The molecule has 0 saturated heterocycles. The molecule has 0 bridgehead atoms. The van der Waals surface area contributed by atoms with Crippen molar-refractivity contribution < 1.29 is 50.1 Å². The van der Waals surface area contributed by atoms with Crippen molar-refractivity contribution in [1.82, 2.24) is 0 Å². The molecule has 190 valence electrons. The molecule has 0 N–H and O–H groups in total. The minimum Gasteiger partial charge on any atom is -0.465 e. The van der Waals surface area contributed by atoms with Gasteiger partial charge in [-0.3, -0.25) is 0 Å². The number of anilines is 1. The lowest BCUT2D eigenvalue weighted by atomic mass is 10.1. The Labute approximate surface area is 204 Å². The topological polar surface area (TPSA) is 65.1 Å². The van der Waals surface area contributed by atoms with Crippen LogP contribution in [0.2, 0.25) is 5.02 Å². The van der Waals surface area contributed by atoms with Crippen molar-refractivity contribution in [2.24, 2.45) is 0 Å². The fourth-order valence-electron chi connectivity index (χ4n) is 3.06. The quantitative estimate of drug-likeness (QED) is 0.344. The standard InChI is InChI=1S/C23H14ClF6NO5/c1-34-21(32)12-5-3-4-6-31(19(12)22(33)35-2)17-10-18(13(24)9-14(17)25)36-20-15(26)7-11(8-16(20)27)23(28,29)30/h3-10H,1-2H3. The summed E-state index contributed by atoms with van der Waals surface area (Å²) in [6.07, 6.45) is -0.00108. The number of hydrogen-bond acceptors (Lipinski definition) is 6. The number of halogens is 7. The van der Waals surface area contributed by atoms with Crippen LogP contribution in [0, 0.1) is 17.5 Å². The largest absolute Gasteiger partial charge is 0.465 e. The van der Waals surface area contributed by atoms with E-state index in [-0.39, 0.29) is 17.7 Å². The summed E-state index contributed by atoms with van der Waals surface area (Å²) < 4.78 is 96.5. The number of alkyl halides is 3. The third-order valence-electron chi connectivity index (χ3n) is 4.69.